The van der Waals surface area contributed by atoms with Crippen molar-refractivity contribution in [3.63, 3.8) is 0 Å². The van der Waals surface area contributed by atoms with Crippen LogP contribution in [0.4, 0.5) is 0 Å². The van der Waals surface area contributed by atoms with E-state index in [9.17, 15) is 0 Å². The molecule has 1 saturated heterocycles. The van der Waals surface area contributed by atoms with Gasteiger partial charge in [0.15, 0.2) is 5.11 Å². The summed E-state index contributed by atoms with van der Waals surface area (Å²) in [7, 11) is 3.91. The molecule has 0 radical (unpaired) electrons. The zero-order valence-electron chi connectivity index (χ0n) is 6.80. The van der Waals surface area contributed by atoms with Crippen molar-refractivity contribution in [2.24, 2.45) is 0 Å². The summed E-state index contributed by atoms with van der Waals surface area (Å²) in [5.41, 5.74) is 3.17. The lowest BCUT2D eigenvalue weighted by atomic mass is 10.2. The normalized spacial score (nSPS) is 24.2. The van der Waals surface area contributed by atoms with Crippen LogP contribution < -0.4 is 5.43 Å². The van der Waals surface area contributed by atoms with Gasteiger partial charge in [-0.25, -0.2) is 5.43 Å². The lowest BCUT2D eigenvalue weighted by Crippen LogP contribution is -2.45. The number of hydrogen-bond acceptors (Lipinski definition) is 2. The molecule has 10 heavy (non-hydrogen) atoms. The van der Waals surface area contributed by atoms with Crippen molar-refractivity contribution in [3.8, 4) is 0 Å². The van der Waals surface area contributed by atoms with E-state index in [0.717, 1.165) is 5.11 Å². The van der Waals surface area contributed by atoms with Crippen LogP contribution >= 0.6 is 12.2 Å². The molecule has 0 spiro atoms. The number of nitrogens with one attached hydrogen (secondary N) is 1. The third-order valence-electron chi connectivity index (χ3n) is 1.85. The van der Waals surface area contributed by atoms with Crippen molar-refractivity contribution >= 4 is 17.3 Å². The van der Waals surface area contributed by atoms with Gasteiger partial charge in [0.05, 0.1) is 0 Å². The SMILES string of the molecule is CN1NC(C)(C)N(C)C1=S. The molecule has 1 heterocycles. The van der Waals surface area contributed by atoms with Crippen LogP contribution in [-0.4, -0.2) is 34.8 Å². The van der Waals surface area contributed by atoms with Crippen LogP contribution in [0.3, 0.4) is 0 Å². The first kappa shape index (κ1) is 7.75. The van der Waals surface area contributed by atoms with Gasteiger partial charge in [0, 0.05) is 14.1 Å². The molecule has 0 aliphatic carbocycles. The first-order valence-corrected chi connectivity index (χ1v) is 3.65. The minimum Gasteiger partial charge on any atom is -0.332 e. The summed E-state index contributed by atoms with van der Waals surface area (Å²) in [6.45, 7) is 4.17. The van der Waals surface area contributed by atoms with E-state index in [1.807, 2.05) is 24.0 Å². The van der Waals surface area contributed by atoms with Crippen LogP contribution in [0.1, 0.15) is 13.8 Å². The first-order chi connectivity index (χ1) is 4.45. The molecular weight excluding hydrogens is 146 g/mol. The van der Waals surface area contributed by atoms with Gasteiger partial charge in [0.1, 0.15) is 5.66 Å². The fraction of sp³-hybridized carbons (Fsp3) is 0.833. The molecule has 1 fully saturated rings. The van der Waals surface area contributed by atoms with Crippen LogP contribution in [0.5, 0.6) is 0 Å². The molecule has 0 aromatic rings. The molecular formula is C6H13N3S. The second kappa shape index (κ2) is 2.07. The van der Waals surface area contributed by atoms with E-state index < -0.39 is 0 Å². The molecule has 0 atom stereocenters. The molecule has 0 saturated carbocycles. The van der Waals surface area contributed by atoms with Gasteiger partial charge < -0.3 is 4.90 Å². The van der Waals surface area contributed by atoms with E-state index in [1.165, 1.54) is 0 Å². The Morgan fingerprint density at radius 1 is 1.40 bits per heavy atom. The fourth-order valence-electron chi connectivity index (χ4n) is 0.997. The Morgan fingerprint density at radius 2 is 1.90 bits per heavy atom. The van der Waals surface area contributed by atoms with Crippen molar-refractivity contribution in [2.75, 3.05) is 14.1 Å². The average molecular weight is 159 g/mol. The topological polar surface area (TPSA) is 18.5 Å². The van der Waals surface area contributed by atoms with Crippen LogP contribution in [0, 0.1) is 0 Å². The van der Waals surface area contributed by atoms with Crippen LogP contribution in [0.25, 0.3) is 0 Å². The Balaban J connectivity index is 2.81. The van der Waals surface area contributed by atoms with Crippen molar-refractivity contribution < 1.29 is 0 Å². The Morgan fingerprint density at radius 3 is 2.00 bits per heavy atom. The van der Waals surface area contributed by atoms with Crippen molar-refractivity contribution in [3.05, 3.63) is 0 Å². The summed E-state index contributed by atoms with van der Waals surface area (Å²) < 4.78 is 0. The highest BCUT2D eigenvalue weighted by Gasteiger charge is 2.35. The first-order valence-electron chi connectivity index (χ1n) is 3.24. The number of hydrazine groups is 1. The largest absolute Gasteiger partial charge is 0.332 e. The third-order valence-corrected chi connectivity index (χ3v) is 2.40. The average Bonchev–Trinajstić information content (AvgIpc) is 1.95. The van der Waals surface area contributed by atoms with E-state index in [2.05, 4.69) is 19.3 Å². The molecule has 1 N–H and O–H groups in total. The Labute approximate surface area is 67.0 Å². The van der Waals surface area contributed by atoms with E-state index in [4.69, 9.17) is 12.2 Å². The summed E-state index contributed by atoms with van der Waals surface area (Å²) >= 11 is 5.10. The maximum atomic E-state index is 5.10. The van der Waals surface area contributed by atoms with Crippen LogP contribution in [-0.2, 0) is 0 Å². The van der Waals surface area contributed by atoms with E-state index >= 15 is 0 Å². The summed E-state index contributed by atoms with van der Waals surface area (Å²) in [6.07, 6.45) is 0. The van der Waals surface area contributed by atoms with Crippen molar-refractivity contribution in [1.29, 1.82) is 0 Å². The Bertz CT molecular complexity index is 166. The highest BCUT2D eigenvalue weighted by atomic mass is 32.1. The summed E-state index contributed by atoms with van der Waals surface area (Å²) in [6, 6.07) is 0. The molecule has 4 heteroatoms. The molecule has 0 amide bonds. The van der Waals surface area contributed by atoms with Gasteiger partial charge >= 0.3 is 0 Å². The van der Waals surface area contributed by atoms with Crippen LogP contribution in [0.15, 0.2) is 0 Å². The molecule has 0 aromatic carbocycles. The summed E-state index contributed by atoms with van der Waals surface area (Å²) in [4.78, 5) is 2.03. The minimum atomic E-state index is -0.0359. The number of thiocarbonyl (C=S) groups is 1. The number of rotatable bonds is 0. The Kier molecular flexibility index (Phi) is 1.60. The monoisotopic (exact) mass is 159 g/mol. The molecule has 58 valence electrons. The van der Waals surface area contributed by atoms with Crippen molar-refractivity contribution in [1.82, 2.24) is 15.3 Å². The van der Waals surface area contributed by atoms with Gasteiger partial charge in [-0.05, 0) is 26.1 Å². The highest BCUT2D eigenvalue weighted by molar-refractivity contribution is 7.80. The standard InChI is InChI=1S/C6H13N3S/c1-6(2)7-9(4)5(10)8(6)3/h7H,1-4H3. The molecule has 3 nitrogen and oxygen atoms in total. The highest BCUT2D eigenvalue weighted by Crippen LogP contribution is 2.16. The second-order valence-electron chi connectivity index (χ2n) is 3.07. The molecule has 0 bridgehead atoms. The zero-order chi connectivity index (χ0) is 7.94. The summed E-state index contributed by atoms with van der Waals surface area (Å²) in [5, 5.41) is 2.69. The van der Waals surface area contributed by atoms with Gasteiger partial charge in [0.2, 0.25) is 0 Å². The lowest BCUT2D eigenvalue weighted by molar-refractivity contribution is 0.202. The molecule has 1 aliphatic heterocycles. The Hall–Kier alpha value is -0.350. The molecule has 1 rings (SSSR count). The predicted octanol–water partition coefficient (Wildman–Crippen LogP) is 0.389. The lowest BCUT2D eigenvalue weighted by Gasteiger charge is -2.26. The van der Waals surface area contributed by atoms with Crippen molar-refractivity contribution in [2.45, 2.75) is 19.5 Å². The summed E-state index contributed by atoms with van der Waals surface area (Å²) in [5.74, 6) is 0. The van der Waals surface area contributed by atoms with E-state index in [0.29, 0.717) is 0 Å². The second-order valence-corrected chi connectivity index (χ2v) is 3.44. The van der Waals surface area contributed by atoms with Crippen LogP contribution in [0.2, 0.25) is 0 Å². The van der Waals surface area contributed by atoms with Gasteiger partial charge in [-0.2, -0.15) is 0 Å². The van der Waals surface area contributed by atoms with Gasteiger partial charge in [0.25, 0.3) is 0 Å². The van der Waals surface area contributed by atoms with E-state index in [1.54, 1.807) is 0 Å². The number of nitrogens with zero attached hydrogens (tertiary/aromatic N) is 2. The molecule has 0 unspecified atom stereocenters. The van der Waals surface area contributed by atoms with E-state index in [-0.39, 0.29) is 5.66 Å². The van der Waals surface area contributed by atoms with Gasteiger partial charge in [-0.15, -0.1) is 0 Å². The maximum absolute atomic E-state index is 5.10. The minimum absolute atomic E-state index is 0.0359. The third kappa shape index (κ3) is 0.973. The molecule has 1 aliphatic rings. The maximum Gasteiger partial charge on any atom is 0.187 e. The fourth-order valence-corrected chi connectivity index (χ4v) is 1.27. The van der Waals surface area contributed by atoms with Gasteiger partial charge in [-0.3, -0.25) is 5.01 Å². The predicted molar refractivity (Wildman–Crippen MR) is 45.3 cm³/mol. The number of hydrogen-bond donors (Lipinski definition) is 1. The quantitative estimate of drug-likeness (QED) is 0.515. The smallest absolute Gasteiger partial charge is 0.187 e. The zero-order valence-corrected chi connectivity index (χ0v) is 7.62. The van der Waals surface area contributed by atoms with Gasteiger partial charge in [-0.1, -0.05) is 0 Å². The molecule has 0 aromatic heterocycles.